The first-order valence-electron chi connectivity index (χ1n) is 5.04. The lowest BCUT2D eigenvalue weighted by Crippen LogP contribution is -2.39. The van der Waals surface area contributed by atoms with Crippen LogP contribution in [0.2, 0.25) is 0 Å². The van der Waals surface area contributed by atoms with Crippen molar-refractivity contribution in [2.45, 2.75) is 24.6 Å². The molecule has 6 N–H and O–H groups in total. The first-order chi connectivity index (χ1) is 8.45. The average Bonchev–Trinajstić information content (AvgIpc) is 2.57. The molecule has 1 aromatic heterocycles. The monoisotopic (exact) mass is 260 g/mol. The van der Waals surface area contributed by atoms with Gasteiger partial charge in [0.25, 0.3) is 0 Å². The summed E-state index contributed by atoms with van der Waals surface area (Å²) in [7, 11) is 0. The fraction of sp³-hybridized carbons (Fsp3) is 0.556. The summed E-state index contributed by atoms with van der Waals surface area (Å²) in [6, 6.07) is 1.52. The molecule has 0 bridgehead atoms. The van der Waals surface area contributed by atoms with Gasteiger partial charge in [0.15, 0.2) is 0 Å². The van der Waals surface area contributed by atoms with E-state index in [1.807, 2.05) is 0 Å². The van der Waals surface area contributed by atoms with Gasteiger partial charge in [-0.15, -0.1) is 0 Å². The zero-order chi connectivity index (χ0) is 13.7. The van der Waals surface area contributed by atoms with Gasteiger partial charge in [0.1, 0.15) is 18.0 Å². The molecule has 1 unspecified atom stereocenters. The lowest BCUT2D eigenvalue weighted by Gasteiger charge is -2.18. The summed E-state index contributed by atoms with van der Waals surface area (Å²) < 4.78 is 4.43. The van der Waals surface area contributed by atoms with E-state index in [-0.39, 0.29) is 0 Å². The van der Waals surface area contributed by atoms with Crippen LogP contribution in [0, 0.1) is 0 Å². The van der Waals surface area contributed by atoms with Crippen LogP contribution in [0.15, 0.2) is 17.1 Å². The Hall–Kier alpha value is -1.52. The molecule has 1 saturated heterocycles. The Balaban J connectivity index is 0.000000184. The molecule has 0 radical (unpaired) electrons. The van der Waals surface area contributed by atoms with Gasteiger partial charge in [-0.3, -0.25) is 4.98 Å². The summed E-state index contributed by atoms with van der Waals surface area (Å²) in [4.78, 5) is 15.9. The van der Waals surface area contributed by atoms with Crippen LogP contribution in [0.1, 0.15) is 0 Å². The number of H-pyrrole nitrogens is 1. The smallest absolute Gasteiger partial charge is 0.346 e. The highest BCUT2D eigenvalue weighted by Gasteiger charge is 2.36. The fourth-order valence-corrected chi connectivity index (χ4v) is 1.25. The second-order valence-electron chi connectivity index (χ2n) is 3.54. The minimum atomic E-state index is -1.63. The molecule has 0 aliphatic carbocycles. The highest BCUT2D eigenvalue weighted by molar-refractivity contribution is 5.22. The molecule has 2 heterocycles. The first-order valence-corrected chi connectivity index (χ1v) is 5.04. The van der Waals surface area contributed by atoms with E-state index < -0.39 is 36.9 Å². The van der Waals surface area contributed by atoms with Crippen LogP contribution in [-0.4, -0.2) is 56.5 Å². The van der Waals surface area contributed by atoms with Crippen LogP contribution in [-0.2, 0) is 4.74 Å². The molecule has 1 aromatic rings. The van der Waals surface area contributed by atoms with Crippen LogP contribution < -0.4 is 16.5 Å². The molecule has 0 aromatic carbocycles. The molecule has 102 valence electrons. The molecule has 1 aliphatic rings. The number of ether oxygens (including phenoxy) is 1. The summed E-state index contributed by atoms with van der Waals surface area (Å²) >= 11 is 0. The number of nitrogens with one attached hydrogen (secondary N) is 1. The minimum Gasteiger partial charge on any atom is -0.829 e. The molecular formula is C9H14N3O6-. The summed E-state index contributed by atoms with van der Waals surface area (Å²) in [5.74, 6) is 0.338. The van der Waals surface area contributed by atoms with Crippen LogP contribution in [0.5, 0.6) is 0 Å². The number of aromatic nitrogens is 2. The van der Waals surface area contributed by atoms with E-state index in [2.05, 4.69) is 14.7 Å². The molecule has 18 heavy (non-hydrogen) atoms. The zero-order valence-corrected chi connectivity index (χ0v) is 9.26. The zero-order valence-electron chi connectivity index (χ0n) is 9.26. The predicted molar refractivity (Wildman–Crippen MR) is 57.0 cm³/mol. The molecule has 1 fully saturated rings. The van der Waals surface area contributed by atoms with Gasteiger partial charge in [0, 0.05) is 12.5 Å². The van der Waals surface area contributed by atoms with Gasteiger partial charge in [-0.25, -0.2) is 9.78 Å². The lowest BCUT2D eigenvalue weighted by atomic mass is 10.1. The number of nitrogen functional groups attached to an aromatic ring is 1. The normalized spacial score (nSPS) is 30.7. The predicted octanol–water partition coefficient (Wildman–Crippen LogP) is -3.86. The van der Waals surface area contributed by atoms with Gasteiger partial charge in [-0.1, -0.05) is 0 Å². The van der Waals surface area contributed by atoms with E-state index >= 15 is 0 Å². The van der Waals surface area contributed by atoms with E-state index in [4.69, 9.17) is 21.1 Å². The van der Waals surface area contributed by atoms with E-state index in [1.165, 1.54) is 12.3 Å². The van der Waals surface area contributed by atoms with Crippen molar-refractivity contribution in [2.24, 2.45) is 0 Å². The second kappa shape index (κ2) is 6.42. The van der Waals surface area contributed by atoms with Crippen molar-refractivity contribution in [2.75, 3.05) is 12.3 Å². The number of anilines is 1. The standard InChI is InChI=1S/C5H9O5.C4H5N3O/c6-1-2-3(7)4(8)5(9)10-2;5-3-1-2-6-4(8)7-3/h2-8H,1H2;1-2H,(H3,5,6,7,8)/q-1;/t2-,3-,4+,5?;/m1./s1. The largest absolute Gasteiger partial charge is 0.829 e. The summed E-state index contributed by atoms with van der Waals surface area (Å²) in [6.07, 6.45) is -3.89. The number of nitrogens with two attached hydrogens (primary N) is 1. The number of hydrogen-bond acceptors (Lipinski definition) is 8. The Morgan fingerprint density at radius 1 is 1.50 bits per heavy atom. The van der Waals surface area contributed by atoms with Crippen LogP contribution in [0.25, 0.3) is 0 Å². The Bertz CT molecular complexity index is 425. The molecule has 0 spiro atoms. The van der Waals surface area contributed by atoms with Crippen molar-refractivity contribution in [1.29, 1.82) is 0 Å². The SMILES string of the molecule is Nc1ccnc(=O)[nH]1.[O-]C1O[C@H](CO)[C@@H](O)[C@@H]1O. The van der Waals surface area contributed by atoms with Crippen LogP contribution in [0.4, 0.5) is 5.82 Å². The van der Waals surface area contributed by atoms with Gasteiger partial charge < -0.3 is 30.9 Å². The quantitative estimate of drug-likeness (QED) is 0.342. The number of aromatic amines is 1. The topological polar surface area (TPSA) is 165 Å². The summed E-state index contributed by atoms with van der Waals surface area (Å²) in [5.41, 5.74) is 4.75. The molecule has 4 atom stereocenters. The van der Waals surface area contributed by atoms with E-state index in [0.29, 0.717) is 5.82 Å². The number of nitrogens with zero attached hydrogens (tertiary/aromatic N) is 1. The molecule has 2 rings (SSSR count). The number of rotatable bonds is 1. The Morgan fingerprint density at radius 2 is 2.17 bits per heavy atom. The van der Waals surface area contributed by atoms with E-state index in [9.17, 15) is 9.90 Å². The van der Waals surface area contributed by atoms with Gasteiger partial charge in [-0.2, -0.15) is 0 Å². The third kappa shape index (κ3) is 3.75. The maximum absolute atomic E-state index is 10.5. The summed E-state index contributed by atoms with van der Waals surface area (Å²) in [6.45, 7) is -0.447. The first kappa shape index (κ1) is 14.5. The van der Waals surface area contributed by atoms with Gasteiger partial charge in [-0.05, 0) is 6.07 Å². The second-order valence-corrected chi connectivity index (χ2v) is 3.54. The molecule has 0 saturated carbocycles. The van der Waals surface area contributed by atoms with Gasteiger partial charge >= 0.3 is 5.69 Å². The molecule has 0 amide bonds. The maximum atomic E-state index is 10.5. The van der Waals surface area contributed by atoms with Crippen LogP contribution in [0.3, 0.4) is 0 Å². The highest BCUT2D eigenvalue weighted by atomic mass is 16.6. The Labute approximate surface area is 101 Å². The minimum absolute atomic E-state index is 0.338. The number of aliphatic hydroxyl groups is 3. The number of aliphatic hydroxyl groups excluding tert-OH is 3. The highest BCUT2D eigenvalue weighted by Crippen LogP contribution is 2.16. The molecule has 9 heteroatoms. The van der Waals surface area contributed by atoms with Crippen molar-refractivity contribution >= 4 is 5.82 Å². The molecule has 1 aliphatic heterocycles. The molecule has 9 nitrogen and oxygen atoms in total. The van der Waals surface area contributed by atoms with Crippen LogP contribution >= 0.6 is 0 Å². The third-order valence-electron chi connectivity index (χ3n) is 2.20. The van der Waals surface area contributed by atoms with Gasteiger partial charge in [0.05, 0.1) is 12.7 Å². The van der Waals surface area contributed by atoms with Gasteiger partial charge in [0.2, 0.25) is 0 Å². The maximum Gasteiger partial charge on any atom is 0.346 e. The van der Waals surface area contributed by atoms with E-state index in [1.54, 1.807) is 0 Å². The van der Waals surface area contributed by atoms with Crippen molar-refractivity contribution < 1.29 is 25.2 Å². The Morgan fingerprint density at radius 3 is 2.44 bits per heavy atom. The lowest BCUT2D eigenvalue weighted by molar-refractivity contribution is -0.498. The van der Waals surface area contributed by atoms with Crippen molar-refractivity contribution in [3.8, 4) is 0 Å². The fourth-order valence-electron chi connectivity index (χ4n) is 1.25. The Kier molecular flexibility index (Phi) is 5.19. The third-order valence-corrected chi connectivity index (χ3v) is 2.20. The van der Waals surface area contributed by atoms with Crippen molar-refractivity contribution in [1.82, 2.24) is 9.97 Å². The van der Waals surface area contributed by atoms with E-state index in [0.717, 1.165) is 0 Å². The average molecular weight is 260 g/mol. The van der Waals surface area contributed by atoms with Crippen molar-refractivity contribution in [3.63, 3.8) is 0 Å². The number of hydrogen-bond donors (Lipinski definition) is 5. The molecular weight excluding hydrogens is 246 g/mol. The van der Waals surface area contributed by atoms with Crippen molar-refractivity contribution in [3.05, 3.63) is 22.7 Å². The summed E-state index contributed by atoms with van der Waals surface area (Å²) in [5, 5.41) is 36.6.